The van der Waals surface area contributed by atoms with Gasteiger partial charge in [-0.15, -0.1) is 10.2 Å². The molecule has 1 N–H and O–H groups in total. The van der Waals surface area contributed by atoms with Crippen molar-refractivity contribution in [2.24, 2.45) is 5.92 Å². The van der Waals surface area contributed by atoms with Crippen molar-refractivity contribution < 1.29 is 4.79 Å². The van der Waals surface area contributed by atoms with Crippen LogP contribution in [0.15, 0.2) is 42.5 Å². The number of piperidine rings is 1. The van der Waals surface area contributed by atoms with Crippen LogP contribution in [0.25, 0.3) is 0 Å². The number of hydrogen-bond donors (Lipinski definition) is 1. The summed E-state index contributed by atoms with van der Waals surface area (Å²) in [5, 5.41) is 11.3. The molecule has 1 fully saturated rings. The van der Waals surface area contributed by atoms with Crippen molar-refractivity contribution >= 4 is 29.0 Å². The lowest BCUT2D eigenvalue weighted by Gasteiger charge is -2.31. The van der Waals surface area contributed by atoms with Crippen LogP contribution in [-0.2, 0) is 4.79 Å². The van der Waals surface area contributed by atoms with Gasteiger partial charge in [0.15, 0.2) is 11.0 Å². The maximum Gasteiger partial charge on any atom is 0.227 e. The molecule has 2 aromatic rings. The van der Waals surface area contributed by atoms with Crippen molar-refractivity contribution in [2.75, 3.05) is 23.3 Å². The molecule has 0 atom stereocenters. The molecule has 1 saturated heterocycles. The molecule has 22 heavy (non-hydrogen) atoms. The molecule has 2 heterocycles. The molecular weight excluding hydrogens is 300 g/mol. The van der Waals surface area contributed by atoms with Crippen LogP contribution in [0, 0.1) is 5.92 Å². The van der Waals surface area contributed by atoms with Gasteiger partial charge in [-0.1, -0.05) is 29.8 Å². The summed E-state index contributed by atoms with van der Waals surface area (Å²) in [6, 6.07) is 13.2. The van der Waals surface area contributed by atoms with E-state index in [-0.39, 0.29) is 11.8 Å². The Hall–Kier alpha value is -2.14. The highest BCUT2D eigenvalue weighted by Gasteiger charge is 2.25. The van der Waals surface area contributed by atoms with Gasteiger partial charge in [-0.25, -0.2) is 0 Å². The van der Waals surface area contributed by atoms with Crippen LogP contribution in [-0.4, -0.2) is 29.2 Å². The van der Waals surface area contributed by atoms with Gasteiger partial charge < -0.3 is 10.2 Å². The van der Waals surface area contributed by atoms with Gasteiger partial charge in [0.05, 0.1) is 0 Å². The van der Waals surface area contributed by atoms with Crippen LogP contribution in [0.4, 0.5) is 11.5 Å². The first kappa shape index (κ1) is 14.8. The molecule has 1 aliphatic rings. The SMILES string of the molecule is O=C(Nc1ccccc1)C1CCN(c2ccc(Cl)nn2)CC1. The Morgan fingerprint density at radius 1 is 1.09 bits per heavy atom. The minimum absolute atomic E-state index is 0.0386. The summed E-state index contributed by atoms with van der Waals surface area (Å²) in [6.07, 6.45) is 1.62. The van der Waals surface area contributed by atoms with Crippen molar-refractivity contribution in [3.8, 4) is 0 Å². The summed E-state index contributed by atoms with van der Waals surface area (Å²) in [4.78, 5) is 14.4. The van der Waals surface area contributed by atoms with Crippen molar-refractivity contribution in [2.45, 2.75) is 12.8 Å². The number of nitrogens with one attached hydrogen (secondary N) is 1. The lowest BCUT2D eigenvalue weighted by Crippen LogP contribution is -2.38. The van der Waals surface area contributed by atoms with E-state index in [4.69, 9.17) is 11.6 Å². The summed E-state index contributed by atoms with van der Waals surface area (Å²) in [5.41, 5.74) is 0.846. The second-order valence-electron chi connectivity index (χ2n) is 5.33. The molecule has 0 spiro atoms. The summed E-state index contributed by atoms with van der Waals surface area (Å²) in [7, 11) is 0. The van der Waals surface area contributed by atoms with Crippen molar-refractivity contribution in [1.82, 2.24) is 10.2 Å². The van der Waals surface area contributed by atoms with Gasteiger partial charge in [0.1, 0.15) is 0 Å². The quantitative estimate of drug-likeness (QED) is 0.945. The Labute approximate surface area is 134 Å². The molecular formula is C16H17ClN4O. The number of nitrogens with zero attached hydrogens (tertiary/aromatic N) is 3. The zero-order chi connectivity index (χ0) is 15.4. The van der Waals surface area contributed by atoms with E-state index in [2.05, 4.69) is 20.4 Å². The monoisotopic (exact) mass is 316 g/mol. The summed E-state index contributed by atoms with van der Waals surface area (Å²) >= 11 is 5.75. The lowest BCUT2D eigenvalue weighted by molar-refractivity contribution is -0.120. The highest BCUT2D eigenvalue weighted by Crippen LogP contribution is 2.23. The van der Waals surface area contributed by atoms with Crippen LogP contribution in [0.2, 0.25) is 5.15 Å². The van der Waals surface area contributed by atoms with Crippen LogP contribution < -0.4 is 10.2 Å². The van der Waals surface area contributed by atoms with Crippen molar-refractivity contribution in [1.29, 1.82) is 0 Å². The topological polar surface area (TPSA) is 58.1 Å². The van der Waals surface area contributed by atoms with Gasteiger partial charge in [-0.2, -0.15) is 0 Å². The maximum absolute atomic E-state index is 12.3. The molecule has 3 rings (SSSR count). The third-order valence-electron chi connectivity index (χ3n) is 3.85. The number of aromatic nitrogens is 2. The summed E-state index contributed by atoms with van der Waals surface area (Å²) in [5.74, 6) is 0.941. The molecule has 0 unspecified atom stereocenters. The summed E-state index contributed by atoms with van der Waals surface area (Å²) in [6.45, 7) is 1.59. The van der Waals surface area contributed by atoms with E-state index in [0.29, 0.717) is 5.15 Å². The third-order valence-corrected chi connectivity index (χ3v) is 4.05. The highest BCUT2D eigenvalue weighted by molar-refractivity contribution is 6.29. The number of hydrogen-bond acceptors (Lipinski definition) is 4. The van der Waals surface area contributed by atoms with E-state index >= 15 is 0 Å². The van der Waals surface area contributed by atoms with Crippen LogP contribution in [0.1, 0.15) is 12.8 Å². The van der Waals surface area contributed by atoms with Crippen LogP contribution >= 0.6 is 11.6 Å². The second kappa shape index (κ2) is 6.75. The Morgan fingerprint density at radius 3 is 2.45 bits per heavy atom. The van der Waals surface area contributed by atoms with Gasteiger partial charge in [0.25, 0.3) is 0 Å². The zero-order valence-corrected chi connectivity index (χ0v) is 12.8. The average Bonchev–Trinajstić information content (AvgIpc) is 2.57. The van der Waals surface area contributed by atoms with Crippen LogP contribution in [0.5, 0.6) is 0 Å². The molecule has 114 valence electrons. The molecule has 0 saturated carbocycles. The molecule has 0 radical (unpaired) electrons. The average molecular weight is 317 g/mol. The Bertz CT molecular complexity index is 624. The van der Waals surface area contributed by atoms with Gasteiger partial charge in [-0.3, -0.25) is 4.79 Å². The molecule has 0 bridgehead atoms. The molecule has 1 aliphatic heterocycles. The minimum atomic E-state index is 0.0386. The molecule has 1 aromatic heterocycles. The first-order valence-corrected chi connectivity index (χ1v) is 7.70. The molecule has 1 aromatic carbocycles. The number of carbonyl (C=O) groups is 1. The predicted octanol–water partition coefficient (Wildman–Crippen LogP) is 2.99. The van der Waals surface area contributed by atoms with Gasteiger partial charge in [0, 0.05) is 24.7 Å². The molecule has 1 amide bonds. The standard InChI is InChI=1S/C16H17ClN4O/c17-14-6-7-15(20-19-14)21-10-8-12(9-11-21)16(22)18-13-4-2-1-3-5-13/h1-7,12H,8-11H2,(H,18,22). The van der Waals surface area contributed by atoms with E-state index in [1.165, 1.54) is 0 Å². The normalized spacial score (nSPS) is 15.6. The number of benzene rings is 1. The van der Waals surface area contributed by atoms with Crippen LogP contribution in [0.3, 0.4) is 0 Å². The predicted molar refractivity (Wildman–Crippen MR) is 87.1 cm³/mol. The first-order valence-electron chi connectivity index (χ1n) is 7.32. The smallest absolute Gasteiger partial charge is 0.227 e. The Kier molecular flexibility index (Phi) is 4.53. The number of anilines is 2. The number of halogens is 1. The number of amides is 1. The van der Waals surface area contributed by atoms with Gasteiger partial charge in [0.2, 0.25) is 5.91 Å². The highest BCUT2D eigenvalue weighted by atomic mass is 35.5. The van der Waals surface area contributed by atoms with E-state index < -0.39 is 0 Å². The van der Waals surface area contributed by atoms with E-state index in [1.807, 2.05) is 36.4 Å². The fourth-order valence-electron chi connectivity index (χ4n) is 2.61. The number of rotatable bonds is 3. The Balaban J connectivity index is 1.55. The molecule has 6 heteroatoms. The maximum atomic E-state index is 12.3. The summed E-state index contributed by atoms with van der Waals surface area (Å²) < 4.78 is 0. The van der Waals surface area contributed by atoms with E-state index in [9.17, 15) is 4.79 Å². The van der Waals surface area contributed by atoms with Crippen molar-refractivity contribution in [3.05, 3.63) is 47.6 Å². The van der Waals surface area contributed by atoms with E-state index in [1.54, 1.807) is 6.07 Å². The van der Waals surface area contributed by atoms with Gasteiger partial charge >= 0.3 is 0 Å². The Morgan fingerprint density at radius 2 is 1.82 bits per heavy atom. The van der Waals surface area contributed by atoms with Gasteiger partial charge in [-0.05, 0) is 37.1 Å². The molecule has 5 nitrogen and oxygen atoms in total. The third kappa shape index (κ3) is 3.54. The molecule has 0 aliphatic carbocycles. The fourth-order valence-corrected chi connectivity index (χ4v) is 2.71. The number of carbonyl (C=O) groups excluding carboxylic acids is 1. The second-order valence-corrected chi connectivity index (χ2v) is 5.72. The minimum Gasteiger partial charge on any atom is -0.355 e. The number of para-hydroxylation sites is 1. The first-order chi connectivity index (χ1) is 10.7. The lowest BCUT2D eigenvalue weighted by atomic mass is 9.96. The van der Waals surface area contributed by atoms with Crippen molar-refractivity contribution in [3.63, 3.8) is 0 Å². The fraction of sp³-hybridized carbons (Fsp3) is 0.312. The zero-order valence-electron chi connectivity index (χ0n) is 12.1. The largest absolute Gasteiger partial charge is 0.355 e. The van der Waals surface area contributed by atoms with E-state index in [0.717, 1.165) is 37.4 Å².